The van der Waals surface area contributed by atoms with E-state index in [4.69, 9.17) is 14.2 Å². The van der Waals surface area contributed by atoms with Crippen molar-refractivity contribution in [3.63, 3.8) is 0 Å². The summed E-state index contributed by atoms with van der Waals surface area (Å²) in [5.74, 6) is 2.08. The Morgan fingerprint density at radius 3 is 2.36 bits per heavy atom. The van der Waals surface area contributed by atoms with E-state index in [2.05, 4.69) is 6.92 Å². The number of benzene rings is 2. The molecule has 0 aliphatic carbocycles. The van der Waals surface area contributed by atoms with Gasteiger partial charge in [-0.3, -0.25) is 0 Å². The second-order valence-corrected chi connectivity index (χ2v) is 5.28. The van der Waals surface area contributed by atoms with Gasteiger partial charge in [-0.15, -0.1) is 5.92 Å². The Balaban J connectivity index is 0.00000176. The maximum atomic E-state index is 5.75. The van der Waals surface area contributed by atoms with E-state index in [0.717, 1.165) is 23.5 Å². The molecule has 0 N–H and O–H groups in total. The molecule has 1 saturated heterocycles. The minimum atomic E-state index is -0.170. The topological polar surface area (TPSA) is 27.7 Å². The Labute approximate surface area is 190 Å². The van der Waals surface area contributed by atoms with E-state index in [-0.39, 0.29) is 75.2 Å². The van der Waals surface area contributed by atoms with Crippen molar-refractivity contribution in [2.75, 3.05) is 0 Å². The normalized spacial score (nSPS) is 20.2. The Bertz CT molecular complexity index is 556. The van der Waals surface area contributed by atoms with Crippen molar-refractivity contribution in [3.8, 4) is 11.5 Å². The fourth-order valence-corrected chi connectivity index (χ4v) is 2.22. The van der Waals surface area contributed by atoms with Gasteiger partial charge in [-0.05, 0) is 36.2 Å². The SMILES string of the molecule is C[C@H]1[CH-]OC(Oc2ccc(OCc3ccccc3)cc2)C1.[Cs+]. The summed E-state index contributed by atoms with van der Waals surface area (Å²) in [6, 6.07) is 17.8. The van der Waals surface area contributed by atoms with Gasteiger partial charge in [0.1, 0.15) is 18.1 Å². The molecule has 0 aromatic heterocycles. The van der Waals surface area contributed by atoms with Gasteiger partial charge in [0.25, 0.3) is 0 Å². The molecule has 3 nitrogen and oxygen atoms in total. The van der Waals surface area contributed by atoms with Crippen molar-refractivity contribution in [2.45, 2.75) is 26.2 Å². The zero-order chi connectivity index (χ0) is 14.5. The van der Waals surface area contributed by atoms with Crippen molar-refractivity contribution >= 4 is 0 Å². The number of hydrogen-bond acceptors (Lipinski definition) is 3. The van der Waals surface area contributed by atoms with Gasteiger partial charge in [-0.25, -0.2) is 6.61 Å². The smallest absolute Gasteiger partial charge is 0.520 e. The molecule has 0 radical (unpaired) electrons. The van der Waals surface area contributed by atoms with Crippen LogP contribution in [0.2, 0.25) is 0 Å². The molecule has 22 heavy (non-hydrogen) atoms. The molecule has 0 spiro atoms. The van der Waals surface area contributed by atoms with Crippen molar-refractivity contribution in [2.24, 2.45) is 5.92 Å². The van der Waals surface area contributed by atoms with Gasteiger partial charge >= 0.3 is 68.9 Å². The molecule has 0 saturated carbocycles. The quantitative estimate of drug-likeness (QED) is 0.686. The average Bonchev–Trinajstić information content (AvgIpc) is 2.93. The molecule has 0 bridgehead atoms. The second-order valence-electron chi connectivity index (χ2n) is 5.28. The van der Waals surface area contributed by atoms with Crippen molar-refractivity contribution in [1.82, 2.24) is 0 Å². The minimum Gasteiger partial charge on any atom is -0.520 e. The molecule has 1 unspecified atom stereocenters. The molecule has 110 valence electrons. The molecular weight excluding hydrogens is 397 g/mol. The fraction of sp³-hybridized carbons (Fsp3) is 0.278. The van der Waals surface area contributed by atoms with Crippen LogP contribution in [0.5, 0.6) is 11.5 Å². The van der Waals surface area contributed by atoms with E-state index in [1.165, 1.54) is 0 Å². The van der Waals surface area contributed by atoms with Gasteiger partial charge in [0, 0.05) is 0 Å². The van der Waals surface area contributed by atoms with E-state index in [1.54, 1.807) is 0 Å². The molecule has 1 fully saturated rings. The van der Waals surface area contributed by atoms with Gasteiger partial charge in [-0.2, -0.15) is 0 Å². The molecular formula is C18H19CsO3. The first-order valence-corrected chi connectivity index (χ1v) is 7.22. The van der Waals surface area contributed by atoms with Gasteiger partial charge in [0.05, 0.1) is 0 Å². The Hall–Kier alpha value is 0.0519. The van der Waals surface area contributed by atoms with Crippen LogP contribution in [0.15, 0.2) is 54.6 Å². The van der Waals surface area contributed by atoms with E-state index in [9.17, 15) is 0 Å². The van der Waals surface area contributed by atoms with Crippen LogP contribution >= 0.6 is 0 Å². The molecule has 1 aliphatic heterocycles. The van der Waals surface area contributed by atoms with Gasteiger partial charge in [0.2, 0.25) is 0 Å². The fourth-order valence-electron chi connectivity index (χ4n) is 2.22. The zero-order valence-corrected chi connectivity index (χ0v) is 19.3. The van der Waals surface area contributed by atoms with Crippen LogP contribution in [0.1, 0.15) is 18.9 Å². The van der Waals surface area contributed by atoms with Crippen LogP contribution in [0.3, 0.4) is 0 Å². The summed E-state index contributed by atoms with van der Waals surface area (Å²) in [5.41, 5.74) is 1.15. The van der Waals surface area contributed by atoms with E-state index < -0.39 is 0 Å². The standard InChI is InChI=1S/C18H19O3.Cs/c1-14-11-18(20-12-14)21-17-9-7-16(8-10-17)19-13-15-5-3-2-4-6-15;/h2-10,12,14,18H,11,13H2,1H3;/q-1;+1/t14-,18?;/m1./s1. The van der Waals surface area contributed by atoms with E-state index in [0.29, 0.717) is 12.5 Å². The van der Waals surface area contributed by atoms with Gasteiger partial charge < -0.3 is 14.2 Å². The summed E-state index contributed by atoms with van der Waals surface area (Å²) >= 11 is 0. The third-order valence-electron chi connectivity index (χ3n) is 3.37. The molecule has 1 aliphatic rings. The molecule has 2 aromatic rings. The monoisotopic (exact) mass is 416 g/mol. The van der Waals surface area contributed by atoms with Crippen molar-refractivity contribution in [1.29, 1.82) is 0 Å². The second kappa shape index (κ2) is 9.37. The summed E-state index contributed by atoms with van der Waals surface area (Å²) < 4.78 is 16.9. The van der Waals surface area contributed by atoms with Gasteiger partial charge in [0.15, 0.2) is 6.29 Å². The van der Waals surface area contributed by atoms with Crippen LogP contribution in [0.4, 0.5) is 0 Å². The van der Waals surface area contributed by atoms with Gasteiger partial charge in [-0.1, -0.05) is 37.3 Å². The predicted octanol–water partition coefficient (Wildman–Crippen LogP) is 1.19. The first kappa shape index (κ1) is 18.4. The summed E-state index contributed by atoms with van der Waals surface area (Å²) in [7, 11) is 0. The van der Waals surface area contributed by atoms with Crippen molar-refractivity contribution < 1.29 is 83.1 Å². The van der Waals surface area contributed by atoms with Crippen LogP contribution < -0.4 is 78.4 Å². The largest absolute Gasteiger partial charge is 1.00 e. The van der Waals surface area contributed by atoms with E-state index in [1.807, 2.05) is 61.2 Å². The summed E-state index contributed by atoms with van der Waals surface area (Å²) in [4.78, 5) is 0. The molecule has 4 heteroatoms. The van der Waals surface area contributed by atoms with Crippen molar-refractivity contribution in [3.05, 3.63) is 66.8 Å². The van der Waals surface area contributed by atoms with E-state index >= 15 is 0 Å². The molecule has 2 atom stereocenters. The van der Waals surface area contributed by atoms with Crippen LogP contribution in [-0.4, -0.2) is 6.29 Å². The van der Waals surface area contributed by atoms with Crippen LogP contribution in [0, 0.1) is 12.5 Å². The summed E-state index contributed by atoms with van der Waals surface area (Å²) in [6.07, 6.45) is 0.725. The van der Waals surface area contributed by atoms with Crippen LogP contribution in [0.25, 0.3) is 0 Å². The number of rotatable bonds is 5. The molecule has 0 amide bonds. The molecule has 2 aromatic carbocycles. The molecule has 1 heterocycles. The first-order chi connectivity index (χ1) is 10.3. The zero-order valence-electron chi connectivity index (χ0n) is 13.1. The number of ether oxygens (including phenoxy) is 3. The third kappa shape index (κ3) is 5.60. The maximum Gasteiger partial charge on any atom is 1.00 e. The maximum absolute atomic E-state index is 5.75. The molecule has 3 rings (SSSR count). The average molecular weight is 416 g/mol. The summed E-state index contributed by atoms with van der Waals surface area (Å²) in [5, 5.41) is 0. The Kier molecular flexibility index (Phi) is 7.84. The Morgan fingerprint density at radius 1 is 1.05 bits per heavy atom. The first-order valence-electron chi connectivity index (χ1n) is 7.22. The third-order valence-corrected chi connectivity index (χ3v) is 3.37. The van der Waals surface area contributed by atoms with Crippen LogP contribution in [-0.2, 0) is 11.3 Å². The predicted molar refractivity (Wildman–Crippen MR) is 80.8 cm³/mol. The minimum absolute atomic E-state index is 0. The number of hydrogen-bond donors (Lipinski definition) is 0. The Morgan fingerprint density at radius 2 is 1.73 bits per heavy atom. The summed E-state index contributed by atoms with van der Waals surface area (Å²) in [6.45, 7) is 4.52.